The van der Waals surface area contributed by atoms with Gasteiger partial charge in [0.15, 0.2) is 0 Å². The van der Waals surface area contributed by atoms with Gasteiger partial charge in [-0.25, -0.2) is 9.97 Å². The number of aromatic nitrogens is 2. The van der Waals surface area contributed by atoms with Crippen LogP contribution >= 0.6 is 0 Å². The molecule has 0 aliphatic carbocycles. The standard InChI is InChI=1S/C24H30N6O3/c1-2-25-22-15-21-20(14-23(22)30(31)32)24(28-17-27-21)26-16-18-6-8-19(9-7-18)33-13-12-29-10-4-3-5-11-29/h6-9,14-15,17,25H,2-5,10-13,16H2,1H3,(H,26,27,28). The number of hydrogen-bond donors (Lipinski definition) is 2. The summed E-state index contributed by atoms with van der Waals surface area (Å²) in [6.45, 7) is 7.01. The lowest BCUT2D eigenvalue weighted by molar-refractivity contribution is -0.383. The van der Waals surface area contributed by atoms with Crippen LogP contribution in [0.5, 0.6) is 5.75 Å². The van der Waals surface area contributed by atoms with E-state index in [4.69, 9.17) is 4.74 Å². The van der Waals surface area contributed by atoms with Gasteiger partial charge in [-0.3, -0.25) is 15.0 Å². The number of nitro benzene ring substituents is 1. The second-order valence-corrected chi connectivity index (χ2v) is 8.14. The SMILES string of the molecule is CCNc1cc2ncnc(NCc3ccc(OCCN4CCCCC4)cc3)c2cc1[N+](=O)[O-]. The molecule has 0 unspecified atom stereocenters. The number of rotatable bonds is 10. The average Bonchev–Trinajstić information content (AvgIpc) is 2.84. The predicted molar refractivity (Wildman–Crippen MR) is 130 cm³/mol. The zero-order chi connectivity index (χ0) is 23.0. The normalized spacial score (nSPS) is 14.2. The van der Waals surface area contributed by atoms with Crippen molar-refractivity contribution in [1.82, 2.24) is 14.9 Å². The first-order valence-electron chi connectivity index (χ1n) is 11.5. The number of fused-ring (bicyclic) bond motifs is 1. The lowest BCUT2D eigenvalue weighted by Crippen LogP contribution is -2.33. The number of nitrogens with one attached hydrogen (secondary N) is 2. The highest BCUT2D eigenvalue weighted by Crippen LogP contribution is 2.32. The van der Waals surface area contributed by atoms with Crippen molar-refractivity contribution in [3.8, 4) is 5.75 Å². The molecule has 174 valence electrons. The van der Waals surface area contributed by atoms with Gasteiger partial charge >= 0.3 is 0 Å². The number of benzene rings is 2. The number of nitrogens with zero attached hydrogens (tertiary/aromatic N) is 4. The van der Waals surface area contributed by atoms with Crippen LogP contribution in [0.4, 0.5) is 17.2 Å². The molecule has 0 bridgehead atoms. The summed E-state index contributed by atoms with van der Waals surface area (Å²) in [6.07, 6.45) is 5.37. The van der Waals surface area contributed by atoms with Gasteiger partial charge in [-0.2, -0.15) is 0 Å². The van der Waals surface area contributed by atoms with Crippen LogP contribution in [-0.4, -0.2) is 52.6 Å². The maximum Gasteiger partial charge on any atom is 0.293 e. The Labute approximate surface area is 193 Å². The molecular weight excluding hydrogens is 420 g/mol. The highest BCUT2D eigenvalue weighted by Gasteiger charge is 2.17. The molecule has 1 aromatic heterocycles. The van der Waals surface area contributed by atoms with E-state index < -0.39 is 4.92 Å². The molecule has 33 heavy (non-hydrogen) atoms. The molecule has 1 aliphatic heterocycles. The quantitative estimate of drug-likeness (QED) is 0.345. The van der Waals surface area contributed by atoms with Gasteiger partial charge in [0.2, 0.25) is 0 Å². The van der Waals surface area contributed by atoms with E-state index in [1.54, 1.807) is 6.07 Å². The lowest BCUT2D eigenvalue weighted by Gasteiger charge is -2.26. The Kier molecular flexibility index (Phi) is 7.51. The third-order valence-corrected chi connectivity index (χ3v) is 5.82. The Morgan fingerprint density at radius 1 is 1.09 bits per heavy atom. The van der Waals surface area contributed by atoms with Gasteiger partial charge in [0, 0.05) is 31.1 Å². The summed E-state index contributed by atoms with van der Waals surface area (Å²) in [7, 11) is 0. The van der Waals surface area contributed by atoms with Crippen LogP contribution in [0.15, 0.2) is 42.7 Å². The molecule has 4 rings (SSSR count). The highest BCUT2D eigenvalue weighted by atomic mass is 16.6. The van der Waals surface area contributed by atoms with Gasteiger partial charge in [-0.05, 0) is 56.6 Å². The monoisotopic (exact) mass is 450 g/mol. The summed E-state index contributed by atoms with van der Waals surface area (Å²) >= 11 is 0. The number of nitro groups is 1. The predicted octanol–water partition coefficient (Wildman–Crippen LogP) is 4.45. The van der Waals surface area contributed by atoms with Crippen molar-refractivity contribution in [2.45, 2.75) is 32.7 Å². The number of likely N-dealkylation sites (tertiary alicyclic amines) is 1. The molecule has 2 N–H and O–H groups in total. The summed E-state index contributed by atoms with van der Waals surface area (Å²) in [5, 5.41) is 18.4. The van der Waals surface area contributed by atoms with Crippen LogP contribution in [0, 0.1) is 10.1 Å². The molecule has 0 spiro atoms. The molecule has 0 amide bonds. The molecule has 1 saturated heterocycles. The Morgan fingerprint density at radius 3 is 2.61 bits per heavy atom. The molecule has 1 fully saturated rings. The van der Waals surface area contributed by atoms with Crippen molar-refractivity contribution >= 4 is 28.1 Å². The molecule has 9 heteroatoms. The summed E-state index contributed by atoms with van der Waals surface area (Å²) in [6, 6.07) is 11.2. The van der Waals surface area contributed by atoms with E-state index in [9.17, 15) is 10.1 Å². The zero-order valence-electron chi connectivity index (χ0n) is 18.9. The molecule has 9 nitrogen and oxygen atoms in total. The van der Waals surface area contributed by atoms with Crippen molar-refractivity contribution in [2.75, 3.05) is 43.4 Å². The molecule has 0 atom stereocenters. The minimum absolute atomic E-state index is 0.00764. The average molecular weight is 451 g/mol. The fraction of sp³-hybridized carbons (Fsp3) is 0.417. The molecule has 3 aromatic rings. The van der Waals surface area contributed by atoms with Crippen molar-refractivity contribution in [3.63, 3.8) is 0 Å². The van der Waals surface area contributed by atoms with E-state index in [0.29, 0.717) is 42.1 Å². The first kappa shape index (κ1) is 22.7. The molecule has 2 aromatic carbocycles. The van der Waals surface area contributed by atoms with Crippen molar-refractivity contribution in [2.24, 2.45) is 0 Å². The Bertz CT molecular complexity index is 1080. The minimum Gasteiger partial charge on any atom is -0.492 e. The number of hydrogen-bond acceptors (Lipinski definition) is 8. The maximum atomic E-state index is 11.5. The van der Waals surface area contributed by atoms with Crippen molar-refractivity contribution in [3.05, 3.63) is 58.4 Å². The number of piperidine rings is 1. The largest absolute Gasteiger partial charge is 0.492 e. The maximum absolute atomic E-state index is 11.5. The van der Waals surface area contributed by atoms with Gasteiger partial charge in [0.05, 0.1) is 10.4 Å². The Hall–Kier alpha value is -3.46. The Balaban J connectivity index is 1.38. The summed E-state index contributed by atoms with van der Waals surface area (Å²) in [5.74, 6) is 1.42. The van der Waals surface area contributed by atoms with Crippen LogP contribution < -0.4 is 15.4 Å². The van der Waals surface area contributed by atoms with Crippen LogP contribution in [0.3, 0.4) is 0 Å². The third kappa shape index (κ3) is 5.87. The fourth-order valence-corrected chi connectivity index (χ4v) is 4.08. The molecule has 2 heterocycles. The van der Waals surface area contributed by atoms with E-state index in [0.717, 1.165) is 17.9 Å². The number of ether oxygens (including phenoxy) is 1. The van der Waals surface area contributed by atoms with E-state index in [1.165, 1.54) is 44.7 Å². The van der Waals surface area contributed by atoms with E-state index >= 15 is 0 Å². The van der Waals surface area contributed by atoms with Crippen molar-refractivity contribution in [1.29, 1.82) is 0 Å². The smallest absolute Gasteiger partial charge is 0.293 e. The van der Waals surface area contributed by atoms with Crippen LogP contribution in [0.25, 0.3) is 10.9 Å². The molecule has 0 saturated carbocycles. The van der Waals surface area contributed by atoms with E-state index in [2.05, 4.69) is 25.5 Å². The summed E-state index contributed by atoms with van der Waals surface area (Å²) in [5.41, 5.74) is 2.17. The Morgan fingerprint density at radius 2 is 1.88 bits per heavy atom. The topological polar surface area (TPSA) is 105 Å². The molecule has 1 aliphatic rings. The van der Waals surface area contributed by atoms with Gasteiger partial charge in [-0.1, -0.05) is 18.6 Å². The summed E-state index contributed by atoms with van der Waals surface area (Å²) < 4.78 is 5.90. The zero-order valence-corrected chi connectivity index (χ0v) is 18.9. The van der Waals surface area contributed by atoms with Gasteiger partial charge in [0.25, 0.3) is 5.69 Å². The first-order valence-corrected chi connectivity index (χ1v) is 11.5. The van der Waals surface area contributed by atoms with Gasteiger partial charge in [-0.15, -0.1) is 0 Å². The van der Waals surface area contributed by atoms with E-state index in [1.807, 2.05) is 31.2 Å². The second-order valence-electron chi connectivity index (χ2n) is 8.14. The van der Waals surface area contributed by atoms with Gasteiger partial charge < -0.3 is 15.4 Å². The highest BCUT2D eigenvalue weighted by molar-refractivity contribution is 5.94. The van der Waals surface area contributed by atoms with Crippen LogP contribution in [-0.2, 0) is 6.54 Å². The summed E-state index contributed by atoms with van der Waals surface area (Å²) in [4.78, 5) is 22.2. The van der Waals surface area contributed by atoms with Crippen molar-refractivity contribution < 1.29 is 9.66 Å². The number of anilines is 2. The second kappa shape index (κ2) is 10.9. The molecule has 0 radical (unpaired) electrons. The van der Waals surface area contributed by atoms with Crippen LogP contribution in [0.1, 0.15) is 31.7 Å². The lowest BCUT2D eigenvalue weighted by atomic mass is 10.1. The molecular formula is C24H30N6O3. The first-order chi connectivity index (χ1) is 16.1. The third-order valence-electron chi connectivity index (χ3n) is 5.82. The van der Waals surface area contributed by atoms with E-state index in [-0.39, 0.29) is 5.69 Å². The van der Waals surface area contributed by atoms with Crippen LogP contribution in [0.2, 0.25) is 0 Å². The fourth-order valence-electron chi connectivity index (χ4n) is 4.08. The van der Waals surface area contributed by atoms with Gasteiger partial charge in [0.1, 0.15) is 30.2 Å². The minimum atomic E-state index is -0.391.